The number of pyridine rings is 1. The van der Waals surface area contributed by atoms with Crippen molar-refractivity contribution < 1.29 is 9.53 Å². The Bertz CT molecular complexity index is 827. The van der Waals surface area contributed by atoms with Gasteiger partial charge in [-0.25, -0.2) is 4.98 Å². The Labute approximate surface area is 183 Å². The molecule has 3 heterocycles. The van der Waals surface area contributed by atoms with E-state index in [1.54, 1.807) is 12.1 Å². The number of aromatic nitrogens is 1. The predicted molar refractivity (Wildman–Crippen MR) is 119 cm³/mol. The molecule has 1 atom stereocenters. The van der Waals surface area contributed by atoms with Crippen LogP contribution in [0.1, 0.15) is 12.8 Å². The van der Waals surface area contributed by atoms with Crippen molar-refractivity contribution in [1.82, 2.24) is 14.8 Å². The summed E-state index contributed by atoms with van der Waals surface area (Å²) in [4.78, 5) is 23.9. The fraction of sp³-hybridized carbons (Fsp3) is 0.478. The Kier molecular flexibility index (Phi) is 7.07. The average molecular weight is 429 g/mol. The van der Waals surface area contributed by atoms with Crippen LogP contribution in [0.4, 0.5) is 5.82 Å². The van der Waals surface area contributed by atoms with Crippen molar-refractivity contribution in [3.05, 3.63) is 53.7 Å². The van der Waals surface area contributed by atoms with Crippen molar-refractivity contribution in [3.8, 4) is 5.75 Å². The molecule has 30 heavy (non-hydrogen) atoms. The van der Waals surface area contributed by atoms with Crippen LogP contribution in [-0.4, -0.2) is 73.1 Å². The molecule has 0 spiro atoms. The number of rotatable bonds is 6. The summed E-state index contributed by atoms with van der Waals surface area (Å²) in [7, 11) is 0. The van der Waals surface area contributed by atoms with E-state index in [1.165, 1.54) is 6.42 Å². The molecule has 2 aromatic rings. The SMILES string of the molecule is O=C(COc1ccccc1Cl)N1CCCC(CN2CCN(c3ccccn3)CC2)C1. The third kappa shape index (κ3) is 5.43. The fourth-order valence-corrected chi connectivity index (χ4v) is 4.49. The van der Waals surface area contributed by atoms with Gasteiger partial charge in [-0.1, -0.05) is 29.8 Å². The first-order valence-electron chi connectivity index (χ1n) is 10.7. The van der Waals surface area contributed by atoms with Gasteiger partial charge >= 0.3 is 0 Å². The number of piperazine rings is 1. The van der Waals surface area contributed by atoms with E-state index in [1.807, 2.05) is 35.4 Å². The van der Waals surface area contributed by atoms with Crippen molar-refractivity contribution in [2.75, 3.05) is 57.3 Å². The third-order valence-electron chi connectivity index (χ3n) is 5.92. The minimum Gasteiger partial charge on any atom is -0.482 e. The summed E-state index contributed by atoms with van der Waals surface area (Å²) < 4.78 is 5.65. The maximum absolute atomic E-state index is 12.7. The van der Waals surface area contributed by atoms with Crippen molar-refractivity contribution in [2.24, 2.45) is 5.92 Å². The fourth-order valence-electron chi connectivity index (χ4n) is 4.30. The number of para-hydroxylation sites is 1. The maximum atomic E-state index is 12.7. The molecule has 0 bridgehead atoms. The molecule has 1 aromatic heterocycles. The number of ether oxygens (including phenoxy) is 1. The Morgan fingerprint density at radius 3 is 2.63 bits per heavy atom. The summed E-state index contributed by atoms with van der Waals surface area (Å²) in [5.41, 5.74) is 0. The van der Waals surface area contributed by atoms with Gasteiger partial charge in [0, 0.05) is 52.0 Å². The number of likely N-dealkylation sites (tertiary alicyclic amines) is 1. The lowest BCUT2D eigenvalue weighted by molar-refractivity contribution is -0.135. The molecule has 2 fully saturated rings. The van der Waals surface area contributed by atoms with E-state index in [0.29, 0.717) is 16.7 Å². The predicted octanol–water partition coefficient (Wildman–Crippen LogP) is 3.17. The van der Waals surface area contributed by atoms with E-state index >= 15 is 0 Å². The Morgan fingerprint density at radius 1 is 1.07 bits per heavy atom. The standard InChI is InChI=1S/C23H29ClN4O2/c24-20-7-1-2-8-21(20)30-18-23(29)28-11-5-6-19(17-28)16-26-12-14-27(15-13-26)22-9-3-4-10-25-22/h1-4,7-10,19H,5-6,11-18H2. The summed E-state index contributed by atoms with van der Waals surface area (Å²) in [6, 6.07) is 13.3. The highest BCUT2D eigenvalue weighted by molar-refractivity contribution is 6.32. The first-order chi connectivity index (χ1) is 14.7. The number of amides is 1. The number of halogens is 1. The molecule has 0 N–H and O–H groups in total. The molecule has 1 amide bonds. The molecule has 0 radical (unpaired) electrons. The van der Waals surface area contributed by atoms with Crippen molar-refractivity contribution in [3.63, 3.8) is 0 Å². The molecule has 6 nitrogen and oxygen atoms in total. The third-order valence-corrected chi connectivity index (χ3v) is 6.23. The second-order valence-electron chi connectivity index (χ2n) is 8.04. The van der Waals surface area contributed by atoms with Crippen LogP contribution >= 0.6 is 11.6 Å². The lowest BCUT2D eigenvalue weighted by Crippen LogP contribution is -2.50. The van der Waals surface area contributed by atoms with Crippen LogP contribution < -0.4 is 9.64 Å². The van der Waals surface area contributed by atoms with Crippen molar-refractivity contribution in [1.29, 1.82) is 0 Å². The van der Waals surface area contributed by atoms with E-state index in [2.05, 4.69) is 20.9 Å². The minimum absolute atomic E-state index is 0.0409. The molecule has 1 aromatic carbocycles. The Balaban J connectivity index is 1.22. The topological polar surface area (TPSA) is 48.9 Å². The smallest absolute Gasteiger partial charge is 0.260 e. The summed E-state index contributed by atoms with van der Waals surface area (Å²) in [6.07, 6.45) is 4.08. The summed E-state index contributed by atoms with van der Waals surface area (Å²) >= 11 is 6.11. The van der Waals surface area contributed by atoms with E-state index in [4.69, 9.17) is 16.3 Å². The molecule has 1 unspecified atom stereocenters. The lowest BCUT2D eigenvalue weighted by Gasteiger charge is -2.39. The lowest BCUT2D eigenvalue weighted by atomic mass is 9.97. The summed E-state index contributed by atoms with van der Waals surface area (Å²) in [5.74, 6) is 2.18. The maximum Gasteiger partial charge on any atom is 0.260 e. The summed E-state index contributed by atoms with van der Waals surface area (Å²) in [5, 5.41) is 0.534. The molecule has 160 valence electrons. The molecule has 7 heteroatoms. The van der Waals surface area contributed by atoms with Gasteiger partial charge in [-0.2, -0.15) is 0 Å². The van der Waals surface area contributed by atoms with Gasteiger partial charge in [0.1, 0.15) is 11.6 Å². The van der Waals surface area contributed by atoms with Gasteiger partial charge in [-0.15, -0.1) is 0 Å². The molecule has 2 aliphatic heterocycles. The number of benzene rings is 1. The number of hydrogen-bond acceptors (Lipinski definition) is 5. The highest BCUT2D eigenvalue weighted by Gasteiger charge is 2.27. The van der Waals surface area contributed by atoms with Crippen LogP contribution in [0, 0.1) is 5.92 Å². The van der Waals surface area contributed by atoms with Crippen LogP contribution in [0.15, 0.2) is 48.7 Å². The first kappa shape index (κ1) is 20.9. The van der Waals surface area contributed by atoms with Gasteiger partial charge in [0.15, 0.2) is 6.61 Å². The molecule has 0 saturated carbocycles. The molecular formula is C23H29ClN4O2. The molecule has 2 aliphatic rings. The second kappa shape index (κ2) is 10.1. The number of carbonyl (C=O) groups is 1. The minimum atomic E-state index is 0.0409. The molecule has 2 saturated heterocycles. The largest absolute Gasteiger partial charge is 0.482 e. The van der Waals surface area contributed by atoms with Gasteiger partial charge in [-0.3, -0.25) is 9.69 Å². The normalized spacial score (nSPS) is 20.2. The van der Waals surface area contributed by atoms with Crippen LogP contribution in [0.5, 0.6) is 5.75 Å². The van der Waals surface area contributed by atoms with Gasteiger partial charge < -0.3 is 14.5 Å². The van der Waals surface area contributed by atoms with Gasteiger partial charge in [0.05, 0.1) is 5.02 Å². The zero-order valence-corrected chi connectivity index (χ0v) is 18.0. The van der Waals surface area contributed by atoms with Crippen LogP contribution in [0.2, 0.25) is 5.02 Å². The molecule has 4 rings (SSSR count). The van der Waals surface area contributed by atoms with Crippen LogP contribution in [0.3, 0.4) is 0 Å². The molecular weight excluding hydrogens is 400 g/mol. The monoisotopic (exact) mass is 428 g/mol. The van der Waals surface area contributed by atoms with Crippen LogP contribution in [-0.2, 0) is 4.79 Å². The Hall–Kier alpha value is -2.31. The number of hydrogen-bond donors (Lipinski definition) is 0. The van der Waals surface area contributed by atoms with Crippen molar-refractivity contribution in [2.45, 2.75) is 12.8 Å². The average Bonchev–Trinajstić information content (AvgIpc) is 2.80. The van der Waals surface area contributed by atoms with Gasteiger partial charge in [0.25, 0.3) is 5.91 Å². The van der Waals surface area contributed by atoms with E-state index in [9.17, 15) is 4.79 Å². The number of nitrogens with zero attached hydrogens (tertiary/aromatic N) is 4. The summed E-state index contributed by atoms with van der Waals surface area (Å²) in [6.45, 7) is 6.79. The van der Waals surface area contributed by atoms with E-state index in [0.717, 1.165) is 58.1 Å². The number of anilines is 1. The Morgan fingerprint density at radius 2 is 1.87 bits per heavy atom. The zero-order valence-electron chi connectivity index (χ0n) is 17.3. The van der Waals surface area contributed by atoms with Gasteiger partial charge in [0.2, 0.25) is 0 Å². The quantitative estimate of drug-likeness (QED) is 0.707. The van der Waals surface area contributed by atoms with Gasteiger partial charge in [-0.05, 0) is 43.0 Å². The second-order valence-corrected chi connectivity index (χ2v) is 8.45. The highest BCUT2D eigenvalue weighted by atomic mass is 35.5. The molecule has 0 aliphatic carbocycles. The highest BCUT2D eigenvalue weighted by Crippen LogP contribution is 2.24. The van der Waals surface area contributed by atoms with Crippen molar-refractivity contribution >= 4 is 23.3 Å². The number of piperidine rings is 1. The van der Waals surface area contributed by atoms with E-state index in [-0.39, 0.29) is 12.5 Å². The first-order valence-corrected chi connectivity index (χ1v) is 11.1. The number of carbonyl (C=O) groups excluding carboxylic acids is 1. The van der Waals surface area contributed by atoms with E-state index < -0.39 is 0 Å². The van der Waals surface area contributed by atoms with Crippen LogP contribution in [0.25, 0.3) is 0 Å². The zero-order chi connectivity index (χ0) is 20.8.